The van der Waals surface area contributed by atoms with E-state index < -0.39 is 0 Å². The van der Waals surface area contributed by atoms with Crippen LogP contribution < -0.4 is 15.5 Å². The van der Waals surface area contributed by atoms with Gasteiger partial charge in [-0.15, -0.1) is 0 Å². The molecule has 1 aliphatic rings. The number of urea groups is 1. The summed E-state index contributed by atoms with van der Waals surface area (Å²) < 4.78 is 19.5. The summed E-state index contributed by atoms with van der Waals surface area (Å²) in [5, 5.41) is 5.49. The van der Waals surface area contributed by atoms with Crippen LogP contribution in [0.15, 0.2) is 18.2 Å². The van der Waals surface area contributed by atoms with Crippen LogP contribution in [0.4, 0.5) is 20.6 Å². The van der Waals surface area contributed by atoms with E-state index >= 15 is 0 Å². The van der Waals surface area contributed by atoms with Crippen molar-refractivity contribution in [2.75, 3.05) is 57.2 Å². The van der Waals surface area contributed by atoms with Crippen molar-refractivity contribution >= 4 is 17.4 Å². The molecule has 0 aliphatic carbocycles. The molecule has 1 fully saturated rings. The number of likely N-dealkylation sites (N-methyl/N-ethyl adjacent to an activating group) is 1. The fraction of sp³-hybridized carbons (Fsp3) is 0.611. The Bertz CT molecular complexity index is 570. The zero-order valence-electron chi connectivity index (χ0n) is 15.3. The molecule has 140 valence electrons. The van der Waals surface area contributed by atoms with Crippen molar-refractivity contribution in [3.8, 4) is 0 Å². The number of ether oxygens (including phenoxy) is 1. The molecule has 1 unspecified atom stereocenters. The Morgan fingerprint density at radius 3 is 2.84 bits per heavy atom. The topological polar surface area (TPSA) is 56.8 Å². The average molecular weight is 352 g/mol. The molecule has 25 heavy (non-hydrogen) atoms. The summed E-state index contributed by atoms with van der Waals surface area (Å²) in [6.45, 7) is 6.07. The van der Waals surface area contributed by atoms with E-state index in [1.165, 1.54) is 6.07 Å². The van der Waals surface area contributed by atoms with E-state index in [2.05, 4.69) is 27.5 Å². The van der Waals surface area contributed by atoms with Crippen molar-refractivity contribution < 1.29 is 13.9 Å². The molecule has 2 amide bonds. The number of nitrogens with one attached hydrogen (secondary N) is 2. The van der Waals surface area contributed by atoms with Gasteiger partial charge in [-0.1, -0.05) is 0 Å². The van der Waals surface area contributed by atoms with E-state index in [0.717, 1.165) is 39.0 Å². The highest BCUT2D eigenvalue weighted by atomic mass is 19.1. The van der Waals surface area contributed by atoms with Crippen LogP contribution >= 0.6 is 0 Å². The first kappa shape index (κ1) is 19.5. The van der Waals surface area contributed by atoms with Crippen LogP contribution in [0.3, 0.4) is 0 Å². The first-order chi connectivity index (χ1) is 12.0. The molecule has 0 bridgehead atoms. The number of methoxy groups -OCH3 is 1. The van der Waals surface area contributed by atoms with Crippen molar-refractivity contribution in [1.82, 2.24) is 10.2 Å². The number of amides is 2. The first-order valence-corrected chi connectivity index (χ1v) is 8.79. The van der Waals surface area contributed by atoms with Gasteiger partial charge < -0.3 is 25.2 Å². The quantitative estimate of drug-likeness (QED) is 0.826. The van der Waals surface area contributed by atoms with Gasteiger partial charge in [0.2, 0.25) is 0 Å². The Kier molecular flexibility index (Phi) is 7.46. The molecule has 1 aromatic carbocycles. The number of nitrogens with zero attached hydrogens (tertiary/aromatic N) is 2. The summed E-state index contributed by atoms with van der Waals surface area (Å²) in [5.41, 5.74) is 1.04. The SMILES string of the molecule is COCCC(C)NC(=O)Nc1ccc(N2CCCN(C)CC2)c(F)c1. The summed E-state index contributed by atoms with van der Waals surface area (Å²) in [5.74, 6) is -0.310. The van der Waals surface area contributed by atoms with Gasteiger partial charge in [0.15, 0.2) is 0 Å². The fourth-order valence-electron chi connectivity index (χ4n) is 2.89. The Morgan fingerprint density at radius 2 is 2.12 bits per heavy atom. The van der Waals surface area contributed by atoms with Crippen molar-refractivity contribution in [2.24, 2.45) is 0 Å². The van der Waals surface area contributed by atoms with Crippen LogP contribution in [0.25, 0.3) is 0 Å². The largest absolute Gasteiger partial charge is 0.385 e. The predicted molar refractivity (Wildman–Crippen MR) is 98.8 cm³/mol. The lowest BCUT2D eigenvalue weighted by molar-refractivity contribution is 0.185. The zero-order chi connectivity index (χ0) is 18.2. The zero-order valence-corrected chi connectivity index (χ0v) is 15.3. The maximum absolute atomic E-state index is 14.5. The second-order valence-corrected chi connectivity index (χ2v) is 6.59. The summed E-state index contributed by atoms with van der Waals surface area (Å²) in [6.07, 6.45) is 1.73. The van der Waals surface area contributed by atoms with Crippen molar-refractivity contribution in [1.29, 1.82) is 0 Å². The van der Waals surface area contributed by atoms with E-state index in [1.807, 2.05) is 6.92 Å². The van der Waals surface area contributed by atoms with E-state index in [9.17, 15) is 9.18 Å². The minimum Gasteiger partial charge on any atom is -0.385 e. The van der Waals surface area contributed by atoms with Crippen LogP contribution in [0.2, 0.25) is 0 Å². The van der Waals surface area contributed by atoms with Crippen molar-refractivity contribution in [3.05, 3.63) is 24.0 Å². The maximum Gasteiger partial charge on any atom is 0.319 e. The Hall–Kier alpha value is -1.86. The molecule has 1 aliphatic heterocycles. The normalized spacial score (nSPS) is 17.0. The monoisotopic (exact) mass is 352 g/mol. The van der Waals surface area contributed by atoms with E-state index in [4.69, 9.17) is 4.74 Å². The second kappa shape index (κ2) is 9.58. The highest BCUT2D eigenvalue weighted by molar-refractivity contribution is 5.89. The molecular formula is C18H29FN4O2. The van der Waals surface area contributed by atoms with E-state index in [0.29, 0.717) is 18.0 Å². The summed E-state index contributed by atoms with van der Waals surface area (Å²) >= 11 is 0. The molecule has 1 aromatic rings. The van der Waals surface area contributed by atoms with Crippen molar-refractivity contribution in [2.45, 2.75) is 25.8 Å². The average Bonchev–Trinajstić information content (AvgIpc) is 2.77. The molecule has 2 rings (SSSR count). The number of benzene rings is 1. The van der Waals surface area contributed by atoms with Gasteiger partial charge in [-0.3, -0.25) is 0 Å². The number of carbonyl (C=O) groups is 1. The lowest BCUT2D eigenvalue weighted by Crippen LogP contribution is -2.36. The molecule has 0 saturated carbocycles. The number of rotatable bonds is 6. The third-order valence-corrected chi connectivity index (χ3v) is 4.40. The smallest absolute Gasteiger partial charge is 0.319 e. The third kappa shape index (κ3) is 6.17. The molecule has 1 atom stereocenters. The van der Waals surface area contributed by atoms with Crippen LogP contribution in [0, 0.1) is 5.82 Å². The molecule has 1 saturated heterocycles. The van der Waals surface area contributed by atoms with Gasteiger partial charge in [0.1, 0.15) is 5.82 Å². The number of halogens is 1. The molecule has 0 radical (unpaired) electrons. The summed E-state index contributed by atoms with van der Waals surface area (Å²) in [7, 11) is 3.71. The Balaban J connectivity index is 1.93. The summed E-state index contributed by atoms with van der Waals surface area (Å²) in [4.78, 5) is 16.3. The van der Waals surface area contributed by atoms with E-state index in [-0.39, 0.29) is 17.9 Å². The highest BCUT2D eigenvalue weighted by Crippen LogP contribution is 2.24. The van der Waals surface area contributed by atoms with Crippen LogP contribution in [0.1, 0.15) is 19.8 Å². The van der Waals surface area contributed by atoms with Gasteiger partial charge in [0.05, 0.1) is 5.69 Å². The summed E-state index contributed by atoms with van der Waals surface area (Å²) in [6, 6.07) is 4.51. The van der Waals surface area contributed by atoms with Gasteiger partial charge in [0.25, 0.3) is 0 Å². The second-order valence-electron chi connectivity index (χ2n) is 6.59. The van der Waals surface area contributed by atoms with Gasteiger partial charge in [0, 0.05) is 45.1 Å². The number of hydrogen-bond donors (Lipinski definition) is 2. The lowest BCUT2D eigenvalue weighted by Gasteiger charge is -2.23. The van der Waals surface area contributed by atoms with Gasteiger partial charge in [-0.05, 0) is 51.6 Å². The van der Waals surface area contributed by atoms with E-state index in [1.54, 1.807) is 19.2 Å². The van der Waals surface area contributed by atoms with Gasteiger partial charge in [-0.25, -0.2) is 9.18 Å². The van der Waals surface area contributed by atoms with Crippen LogP contribution in [-0.4, -0.2) is 63.9 Å². The Labute approximate surface area is 149 Å². The number of hydrogen-bond acceptors (Lipinski definition) is 4. The van der Waals surface area contributed by atoms with Crippen LogP contribution in [0.5, 0.6) is 0 Å². The van der Waals surface area contributed by atoms with Gasteiger partial charge in [-0.2, -0.15) is 0 Å². The Morgan fingerprint density at radius 1 is 1.32 bits per heavy atom. The minimum absolute atomic E-state index is 0.0156. The number of carbonyl (C=O) groups excluding carboxylic acids is 1. The first-order valence-electron chi connectivity index (χ1n) is 8.79. The van der Waals surface area contributed by atoms with Crippen molar-refractivity contribution in [3.63, 3.8) is 0 Å². The fourth-order valence-corrected chi connectivity index (χ4v) is 2.89. The maximum atomic E-state index is 14.5. The molecule has 6 nitrogen and oxygen atoms in total. The lowest BCUT2D eigenvalue weighted by atomic mass is 10.2. The molecule has 2 N–H and O–H groups in total. The predicted octanol–water partition coefficient (Wildman–Crippen LogP) is 2.51. The van der Waals surface area contributed by atoms with Crippen LogP contribution in [-0.2, 0) is 4.74 Å². The third-order valence-electron chi connectivity index (χ3n) is 4.40. The van der Waals surface area contributed by atoms with Gasteiger partial charge >= 0.3 is 6.03 Å². The molecular weight excluding hydrogens is 323 g/mol. The minimum atomic E-state index is -0.341. The molecule has 0 spiro atoms. The standard InChI is InChI=1S/C18H29FN4O2/c1-14(7-12-25-3)20-18(24)21-15-5-6-17(16(19)13-15)23-9-4-8-22(2)10-11-23/h5-6,13-14H,4,7-12H2,1-3H3,(H2,20,21,24). The number of anilines is 2. The molecule has 1 heterocycles. The molecule has 0 aromatic heterocycles. The molecule has 7 heteroatoms. The highest BCUT2D eigenvalue weighted by Gasteiger charge is 2.16.